The van der Waals surface area contributed by atoms with Gasteiger partial charge in [-0.15, -0.1) is 0 Å². The molecule has 98 valence electrons. The smallest absolute Gasteiger partial charge is 0.352 e. The fourth-order valence-electron chi connectivity index (χ4n) is 0.908. The number of hydrogen-bond acceptors (Lipinski definition) is 3. The second kappa shape index (κ2) is 10.0. The fourth-order valence-corrected chi connectivity index (χ4v) is 1.15. The van der Waals surface area contributed by atoms with Crippen LogP contribution in [0.5, 0.6) is 0 Å². The first-order valence-corrected chi connectivity index (χ1v) is 7.07. The molecule has 0 atom stereocenters. The van der Waals surface area contributed by atoms with Crippen LogP contribution in [0.25, 0.3) is 0 Å². The van der Waals surface area contributed by atoms with Gasteiger partial charge in [0.1, 0.15) is 0 Å². The average molecular weight is 468 g/mol. The predicted octanol–water partition coefficient (Wildman–Crippen LogP) is 3.86. The van der Waals surface area contributed by atoms with Crippen LogP contribution in [-0.4, -0.2) is 14.1 Å². The number of esters is 2. The van der Waals surface area contributed by atoms with Crippen molar-refractivity contribution in [3.63, 3.8) is 0 Å². The Kier molecular flexibility index (Phi) is 12.2. The SMILES string of the molecule is CCCCCCC(=O)OC(=O)C(Br)(Br)Br.[Ni]. The summed E-state index contributed by atoms with van der Waals surface area (Å²) in [6.07, 6.45) is 4.25. The van der Waals surface area contributed by atoms with Crippen LogP contribution in [-0.2, 0) is 30.8 Å². The topological polar surface area (TPSA) is 43.4 Å². The predicted molar refractivity (Wildman–Crippen MR) is 69.4 cm³/mol. The van der Waals surface area contributed by atoms with Gasteiger partial charge < -0.3 is 4.74 Å². The quantitative estimate of drug-likeness (QED) is 0.203. The van der Waals surface area contributed by atoms with E-state index in [2.05, 4.69) is 59.5 Å². The van der Waals surface area contributed by atoms with Gasteiger partial charge in [-0.3, -0.25) is 4.79 Å². The molecule has 0 aliphatic carbocycles. The van der Waals surface area contributed by atoms with Crippen molar-refractivity contribution >= 4 is 59.7 Å². The number of rotatable bonds is 5. The first kappa shape index (κ1) is 19.4. The second-order valence-electron chi connectivity index (χ2n) is 3.07. The van der Waals surface area contributed by atoms with Crippen molar-refractivity contribution in [3.8, 4) is 0 Å². The molecule has 16 heavy (non-hydrogen) atoms. The third-order valence-electron chi connectivity index (χ3n) is 1.67. The molecule has 0 aromatic rings. The Labute approximate surface area is 131 Å². The molecular weight excluding hydrogens is 455 g/mol. The standard InChI is InChI=1S/C9H13Br3O3.Ni/c1-2-3-4-5-6-7(13)15-8(14)9(10,11)12;/h2-6H2,1H3;. The molecule has 0 amide bonds. The van der Waals surface area contributed by atoms with E-state index in [1.165, 1.54) is 0 Å². The monoisotopic (exact) mass is 464 g/mol. The van der Waals surface area contributed by atoms with Crippen molar-refractivity contribution in [2.45, 2.75) is 41.2 Å². The van der Waals surface area contributed by atoms with Crippen molar-refractivity contribution < 1.29 is 30.8 Å². The van der Waals surface area contributed by atoms with Gasteiger partial charge in [-0.25, -0.2) is 4.79 Å². The maximum Gasteiger partial charge on any atom is 0.352 e. The zero-order chi connectivity index (χ0) is 11.9. The van der Waals surface area contributed by atoms with E-state index in [1.807, 2.05) is 0 Å². The normalized spacial score (nSPS) is 10.5. The molecule has 0 aromatic carbocycles. The van der Waals surface area contributed by atoms with E-state index >= 15 is 0 Å². The minimum Gasteiger partial charge on any atom is -0.391 e. The molecule has 0 aliphatic heterocycles. The zero-order valence-corrected chi connectivity index (χ0v) is 14.5. The summed E-state index contributed by atoms with van der Waals surface area (Å²) in [6, 6.07) is 0. The van der Waals surface area contributed by atoms with Crippen molar-refractivity contribution in [2.24, 2.45) is 0 Å². The summed E-state index contributed by atoms with van der Waals surface area (Å²) in [5.74, 6) is -1.18. The van der Waals surface area contributed by atoms with E-state index in [-0.39, 0.29) is 22.9 Å². The summed E-state index contributed by atoms with van der Waals surface area (Å²) in [6.45, 7) is 2.09. The van der Waals surface area contributed by atoms with E-state index in [0.29, 0.717) is 0 Å². The molecule has 0 spiro atoms. The van der Waals surface area contributed by atoms with Crippen LogP contribution in [0.2, 0.25) is 0 Å². The van der Waals surface area contributed by atoms with E-state index in [9.17, 15) is 9.59 Å². The average Bonchev–Trinajstić information content (AvgIpc) is 2.11. The first-order chi connectivity index (χ1) is 6.88. The molecule has 0 aromatic heterocycles. The molecule has 0 fully saturated rings. The summed E-state index contributed by atoms with van der Waals surface area (Å²) in [5.41, 5.74) is 0. The molecule has 7 heteroatoms. The number of carbonyl (C=O) groups is 2. The second-order valence-corrected chi connectivity index (χ2v) is 9.83. The molecule has 0 saturated heterocycles. The van der Waals surface area contributed by atoms with Crippen LogP contribution < -0.4 is 0 Å². The number of hydrogen-bond donors (Lipinski definition) is 0. The Morgan fingerprint density at radius 1 is 1.12 bits per heavy atom. The van der Waals surface area contributed by atoms with Crippen LogP contribution in [0.15, 0.2) is 0 Å². The molecule has 0 radical (unpaired) electrons. The van der Waals surface area contributed by atoms with Crippen LogP contribution in [0, 0.1) is 0 Å². The third kappa shape index (κ3) is 10.2. The van der Waals surface area contributed by atoms with Crippen LogP contribution in [0.3, 0.4) is 0 Å². The minimum atomic E-state index is -1.16. The zero-order valence-electron chi connectivity index (χ0n) is 8.71. The maximum atomic E-state index is 11.2. The molecule has 0 heterocycles. The van der Waals surface area contributed by atoms with E-state index in [4.69, 9.17) is 0 Å². The Bertz CT molecular complexity index is 229. The summed E-state index contributed by atoms with van der Waals surface area (Å²) in [4.78, 5) is 22.3. The molecular formula is C9H13Br3NiO3. The van der Waals surface area contributed by atoms with Crippen molar-refractivity contribution in [3.05, 3.63) is 0 Å². The van der Waals surface area contributed by atoms with Gasteiger partial charge in [-0.1, -0.05) is 26.2 Å². The fraction of sp³-hybridized carbons (Fsp3) is 0.778. The van der Waals surface area contributed by atoms with Crippen molar-refractivity contribution in [1.29, 1.82) is 0 Å². The number of ether oxygens (including phenoxy) is 1. The Morgan fingerprint density at radius 3 is 2.12 bits per heavy atom. The molecule has 3 nitrogen and oxygen atoms in total. The van der Waals surface area contributed by atoms with Gasteiger partial charge in [0.25, 0.3) is 0 Å². The number of carbonyl (C=O) groups excluding carboxylic acids is 2. The Hall–Kier alpha value is 1.07. The molecule has 0 saturated carbocycles. The van der Waals surface area contributed by atoms with Crippen LogP contribution >= 0.6 is 47.8 Å². The Morgan fingerprint density at radius 2 is 1.69 bits per heavy atom. The van der Waals surface area contributed by atoms with E-state index < -0.39 is 14.1 Å². The summed E-state index contributed by atoms with van der Waals surface area (Å²) >= 11 is 8.92. The minimum absolute atomic E-state index is 0. The van der Waals surface area contributed by atoms with Gasteiger partial charge in [0.15, 0.2) is 0 Å². The van der Waals surface area contributed by atoms with Gasteiger partial charge in [0.05, 0.1) is 0 Å². The molecule has 0 N–H and O–H groups in total. The van der Waals surface area contributed by atoms with Gasteiger partial charge in [-0.05, 0) is 54.2 Å². The van der Waals surface area contributed by atoms with E-state index in [1.54, 1.807) is 0 Å². The molecule has 0 aliphatic rings. The molecule has 0 bridgehead atoms. The molecule has 0 rings (SSSR count). The van der Waals surface area contributed by atoms with Gasteiger partial charge in [-0.2, -0.15) is 0 Å². The molecule has 0 unspecified atom stereocenters. The summed E-state index contributed by atoms with van der Waals surface area (Å²) in [5, 5.41) is 0. The van der Waals surface area contributed by atoms with E-state index in [0.717, 1.165) is 25.7 Å². The maximum absolute atomic E-state index is 11.2. The van der Waals surface area contributed by atoms with Crippen molar-refractivity contribution in [2.75, 3.05) is 0 Å². The third-order valence-corrected chi connectivity index (χ3v) is 2.64. The van der Waals surface area contributed by atoms with Gasteiger partial charge >= 0.3 is 11.9 Å². The number of halogens is 3. The summed E-state index contributed by atoms with van der Waals surface area (Å²) < 4.78 is 3.42. The van der Waals surface area contributed by atoms with Crippen LogP contribution in [0.4, 0.5) is 0 Å². The van der Waals surface area contributed by atoms with Crippen molar-refractivity contribution in [1.82, 2.24) is 0 Å². The van der Waals surface area contributed by atoms with Gasteiger partial charge in [0.2, 0.25) is 2.14 Å². The number of alkyl halides is 3. The first-order valence-electron chi connectivity index (χ1n) is 4.69. The summed E-state index contributed by atoms with van der Waals surface area (Å²) in [7, 11) is 0. The van der Waals surface area contributed by atoms with Crippen LogP contribution in [0.1, 0.15) is 39.0 Å². The number of unbranched alkanes of at least 4 members (excludes halogenated alkanes) is 3. The largest absolute Gasteiger partial charge is 0.391 e. The Balaban J connectivity index is 0. The van der Waals surface area contributed by atoms with Gasteiger partial charge in [0, 0.05) is 22.9 Å².